The molecule has 0 atom stereocenters. The molecule has 0 fully saturated rings. The van der Waals surface area contributed by atoms with Crippen LogP contribution in [0, 0.1) is 0 Å². The summed E-state index contributed by atoms with van der Waals surface area (Å²) in [6.45, 7) is 1.39. The minimum Gasteiger partial charge on any atom is -0.493 e. The Kier molecular flexibility index (Phi) is 7.32. The molecule has 0 saturated heterocycles. The summed E-state index contributed by atoms with van der Waals surface area (Å²) in [6, 6.07) is 3.69. The Morgan fingerprint density at radius 3 is 2.78 bits per heavy atom. The number of rotatable bonds is 8. The van der Waals surface area contributed by atoms with Crippen molar-refractivity contribution in [2.75, 3.05) is 32.8 Å². The van der Waals surface area contributed by atoms with Crippen LogP contribution in [-0.4, -0.2) is 32.8 Å². The van der Waals surface area contributed by atoms with Crippen LogP contribution in [0.1, 0.15) is 12.0 Å². The second-order valence-electron chi connectivity index (χ2n) is 3.82. The van der Waals surface area contributed by atoms with E-state index < -0.39 is 0 Å². The van der Waals surface area contributed by atoms with Crippen molar-refractivity contribution in [2.24, 2.45) is 0 Å². The van der Waals surface area contributed by atoms with Gasteiger partial charge in [0.05, 0.1) is 13.7 Å². The molecule has 1 N–H and O–H groups in total. The summed E-state index contributed by atoms with van der Waals surface area (Å²) >= 11 is 7.87. The van der Waals surface area contributed by atoms with E-state index >= 15 is 0 Å². The van der Waals surface area contributed by atoms with Crippen molar-refractivity contribution < 1.29 is 9.47 Å². The SMILES string of the molecule is CNCc1cc(Cl)cc(OC)c1OCCCSC. The molecule has 1 aromatic rings. The smallest absolute Gasteiger partial charge is 0.165 e. The fourth-order valence-electron chi connectivity index (χ4n) is 1.64. The molecule has 1 aromatic carbocycles. The summed E-state index contributed by atoms with van der Waals surface area (Å²) in [7, 11) is 3.52. The Morgan fingerprint density at radius 2 is 2.17 bits per heavy atom. The number of benzene rings is 1. The van der Waals surface area contributed by atoms with Crippen LogP contribution in [0.3, 0.4) is 0 Å². The van der Waals surface area contributed by atoms with Gasteiger partial charge in [0.1, 0.15) is 0 Å². The van der Waals surface area contributed by atoms with E-state index in [1.165, 1.54) is 0 Å². The highest BCUT2D eigenvalue weighted by atomic mass is 35.5. The van der Waals surface area contributed by atoms with Gasteiger partial charge in [-0.2, -0.15) is 11.8 Å². The van der Waals surface area contributed by atoms with Crippen LogP contribution in [0.15, 0.2) is 12.1 Å². The minimum absolute atomic E-state index is 0.661. The third-order valence-electron chi connectivity index (χ3n) is 2.42. The molecule has 0 aliphatic rings. The fourth-order valence-corrected chi connectivity index (χ4v) is 2.27. The summed E-state index contributed by atoms with van der Waals surface area (Å²) in [5, 5.41) is 3.77. The molecule has 1 rings (SSSR count). The van der Waals surface area contributed by atoms with Gasteiger partial charge in [-0.05, 0) is 31.5 Å². The maximum Gasteiger partial charge on any atom is 0.165 e. The summed E-state index contributed by atoms with van der Waals surface area (Å²) in [5.41, 5.74) is 1.02. The van der Waals surface area contributed by atoms with Crippen molar-refractivity contribution in [1.29, 1.82) is 0 Å². The number of ether oxygens (including phenoxy) is 2. The highest BCUT2D eigenvalue weighted by Gasteiger charge is 2.12. The van der Waals surface area contributed by atoms with Crippen LogP contribution in [0.2, 0.25) is 5.02 Å². The molecule has 0 saturated carbocycles. The maximum absolute atomic E-state index is 6.05. The molecule has 18 heavy (non-hydrogen) atoms. The molecule has 3 nitrogen and oxygen atoms in total. The van der Waals surface area contributed by atoms with Gasteiger partial charge < -0.3 is 14.8 Å². The second-order valence-corrected chi connectivity index (χ2v) is 5.24. The molecule has 0 amide bonds. The van der Waals surface area contributed by atoms with Crippen LogP contribution >= 0.6 is 23.4 Å². The third kappa shape index (κ3) is 4.59. The van der Waals surface area contributed by atoms with E-state index in [1.807, 2.05) is 24.9 Å². The van der Waals surface area contributed by atoms with E-state index in [2.05, 4.69) is 11.6 Å². The number of hydrogen-bond acceptors (Lipinski definition) is 4. The number of nitrogens with one attached hydrogen (secondary N) is 1. The third-order valence-corrected chi connectivity index (χ3v) is 3.34. The predicted octanol–water partition coefficient (Wildman–Crippen LogP) is 3.20. The van der Waals surface area contributed by atoms with Gasteiger partial charge in [0.2, 0.25) is 0 Å². The van der Waals surface area contributed by atoms with Crippen molar-refractivity contribution in [2.45, 2.75) is 13.0 Å². The summed E-state index contributed by atoms with van der Waals surface area (Å²) in [6.07, 6.45) is 3.11. The first-order valence-corrected chi connectivity index (χ1v) is 7.62. The Balaban J connectivity index is 2.83. The Labute approximate surface area is 118 Å². The summed E-state index contributed by atoms with van der Waals surface area (Å²) in [4.78, 5) is 0. The lowest BCUT2D eigenvalue weighted by molar-refractivity contribution is 0.291. The van der Waals surface area contributed by atoms with Crippen molar-refractivity contribution in [1.82, 2.24) is 5.32 Å². The van der Waals surface area contributed by atoms with E-state index in [0.717, 1.165) is 23.5 Å². The molecule has 0 spiro atoms. The Hall–Kier alpha value is -0.580. The number of halogens is 1. The molecule has 0 bridgehead atoms. The number of methoxy groups -OCH3 is 1. The number of thioether (sulfide) groups is 1. The molecular weight excluding hydrogens is 270 g/mol. The molecule has 5 heteroatoms. The molecule has 102 valence electrons. The van der Waals surface area contributed by atoms with E-state index in [4.69, 9.17) is 21.1 Å². The standard InChI is InChI=1S/C13H20ClNO2S/c1-15-9-10-7-11(14)8-12(16-2)13(10)17-5-4-6-18-3/h7-8,15H,4-6,9H2,1-3H3. The van der Waals surface area contributed by atoms with Crippen LogP contribution in [0.5, 0.6) is 11.5 Å². The maximum atomic E-state index is 6.05. The van der Waals surface area contributed by atoms with E-state index in [-0.39, 0.29) is 0 Å². The lowest BCUT2D eigenvalue weighted by atomic mass is 10.2. The molecule has 0 radical (unpaired) electrons. The van der Waals surface area contributed by atoms with Gasteiger partial charge in [0.25, 0.3) is 0 Å². The molecule has 0 aliphatic carbocycles. The Morgan fingerprint density at radius 1 is 1.39 bits per heavy atom. The molecule has 0 heterocycles. The van der Waals surface area contributed by atoms with Gasteiger partial charge in [0.15, 0.2) is 11.5 Å². The molecule has 0 unspecified atom stereocenters. The fraction of sp³-hybridized carbons (Fsp3) is 0.538. The molecule has 0 aliphatic heterocycles. The quantitative estimate of drug-likeness (QED) is 0.745. The first-order chi connectivity index (χ1) is 8.72. The van der Waals surface area contributed by atoms with E-state index in [1.54, 1.807) is 13.2 Å². The largest absolute Gasteiger partial charge is 0.493 e. The van der Waals surface area contributed by atoms with Crippen LogP contribution < -0.4 is 14.8 Å². The zero-order valence-electron chi connectivity index (χ0n) is 11.1. The monoisotopic (exact) mass is 289 g/mol. The summed E-state index contributed by atoms with van der Waals surface area (Å²) in [5.74, 6) is 2.58. The summed E-state index contributed by atoms with van der Waals surface area (Å²) < 4.78 is 11.2. The molecular formula is C13H20ClNO2S. The van der Waals surface area contributed by atoms with Gasteiger partial charge in [-0.25, -0.2) is 0 Å². The Bertz CT molecular complexity index is 374. The van der Waals surface area contributed by atoms with Crippen molar-refractivity contribution >= 4 is 23.4 Å². The highest BCUT2D eigenvalue weighted by Crippen LogP contribution is 2.34. The zero-order chi connectivity index (χ0) is 13.4. The lowest BCUT2D eigenvalue weighted by Gasteiger charge is -2.15. The average Bonchev–Trinajstić information content (AvgIpc) is 2.36. The van der Waals surface area contributed by atoms with Gasteiger partial charge >= 0.3 is 0 Å². The predicted molar refractivity (Wildman–Crippen MR) is 79.3 cm³/mol. The van der Waals surface area contributed by atoms with Crippen LogP contribution in [0.25, 0.3) is 0 Å². The first kappa shape index (κ1) is 15.5. The minimum atomic E-state index is 0.661. The van der Waals surface area contributed by atoms with Gasteiger partial charge in [-0.15, -0.1) is 0 Å². The van der Waals surface area contributed by atoms with Crippen LogP contribution in [0.4, 0.5) is 0 Å². The van der Waals surface area contributed by atoms with Crippen molar-refractivity contribution in [3.63, 3.8) is 0 Å². The van der Waals surface area contributed by atoms with Crippen molar-refractivity contribution in [3.05, 3.63) is 22.7 Å². The highest BCUT2D eigenvalue weighted by molar-refractivity contribution is 7.98. The first-order valence-electron chi connectivity index (χ1n) is 5.85. The number of hydrogen-bond donors (Lipinski definition) is 1. The van der Waals surface area contributed by atoms with Gasteiger partial charge in [-0.1, -0.05) is 11.6 Å². The van der Waals surface area contributed by atoms with Gasteiger partial charge in [-0.3, -0.25) is 0 Å². The van der Waals surface area contributed by atoms with Crippen molar-refractivity contribution in [3.8, 4) is 11.5 Å². The normalized spacial score (nSPS) is 10.4. The van der Waals surface area contributed by atoms with E-state index in [0.29, 0.717) is 23.9 Å². The average molecular weight is 290 g/mol. The lowest BCUT2D eigenvalue weighted by Crippen LogP contribution is -2.09. The van der Waals surface area contributed by atoms with E-state index in [9.17, 15) is 0 Å². The topological polar surface area (TPSA) is 30.5 Å². The second kappa shape index (κ2) is 8.51. The van der Waals surface area contributed by atoms with Crippen LogP contribution in [-0.2, 0) is 6.54 Å². The molecule has 0 aromatic heterocycles. The van der Waals surface area contributed by atoms with Gasteiger partial charge in [0, 0.05) is 23.2 Å². The zero-order valence-corrected chi connectivity index (χ0v) is 12.7.